The highest BCUT2D eigenvalue weighted by molar-refractivity contribution is 9.10. The maximum atomic E-state index is 11.8. The van der Waals surface area contributed by atoms with Gasteiger partial charge in [0.1, 0.15) is 0 Å². The van der Waals surface area contributed by atoms with Gasteiger partial charge in [0, 0.05) is 5.69 Å². The number of anilines is 1. The molecular weight excluding hydrogens is 398 g/mol. The number of carbonyl (C=O) groups is 2. The van der Waals surface area contributed by atoms with Crippen LogP contribution in [0.3, 0.4) is 0 Å². The first kappa shape index (κ1) is 18.0. The third kappa shape index (κ3) is 5.07. The second-order valence-corrected chi connectivity index (χ2v) is 5.62. The smallest absolute Gasteiger partial charge is 0.338 e. The van der Waals surface area contributed by atoms with E-state index in [-0.39, 0.29) is 16.8 Å². The van der Waals surface area contributed by atoms with E-state index < -0.39 is 5.91 Å². The zero-order chi connectivity index (χ0) is 17.5. The molecule has 0 aliphatic rings. The predicted molar refractivity (Wildman–Crippen MR) is 95.6 cm³/mol. The van der Waals surface area contributed by atoms with Crippen molar-refractivity contribution in [2.45, 2.75) is 6.92 Å². The van der Waals surface area contributed by atoms with E-state index in [0.29, 0.717) is 22.5 Å². The standard InChI is InChI=1S/C15H14BrN3O4S/c1-2-22-14(21)9-3-5-10(6-4-9)17-15(24)19-18-13(20)11-7-8-12(16)23-11/h3-8H,2H2,1H3,(H,18,20)(H2,17,19,24). The fourth-order valence-corrected chi connectivity index (χ4v) is 2.15. The average Bonchev–Trinajstić information content (AvgIpc) is 3.00. The van der Waals surface area contributed by atoms with Crippen molar-refractivity contribution in [2.24, 2.45) is 0 Å². The number of esters is 1. The van der Waals surface area contributed by atoms with E-state index in [1.165, 1.54) is 6.07 Å². The molecule has 0 saturated carbocycles. The number of amides is 1. The van der Waals surface area contributed by atoms with Crippen LogP contribution in [0.5, 0.6) is 0 Å². The van der Waals surface area contributed by atoms with Gasteiger partial charge in [-0.25, -0.2) is 4.79 Å². The molecule has 2 rings (SSSR count). The van der Waals surface area contributed by atoms with Crippen molar-refractivity contribution in [3.8, 4) is 0 Å². The van der Waals surface area contributed by atoms with E-state index in [4.69, 9.17) is 21.4 Å². The third-order valence-electron chi connectivity index (χ3n) is 2.74. The van der Waals surface area contributed by atoms with Gasteiger partial charge in [0.05, 0.1) is 12.2 Å². The van der Waals surface area contributed by atoms with Crippen LogP contribution >= 0.6 is 28.1 Å². The third-order valence-corrected chi connectivity index (χ3v) is 3.37. The Morgan fingerprint density at radius 2 is 1.88 bits per heavy atom. The van der Waals surface area contributed by atoms with Gasteiger partial charge in [0.2, 0.25) is 0 Å². The minimum atomic E-state index is -0.470. The van der Waals surface area contributed by atoms with E-state index >= 15 is 0 Å². The molecule has 1 aromatic heterocycles. The van der Waals surface area contributed by atoms with Crippen LogP contribution in [-0.2, 0) is 4.74 Å². The quantitative estimate of drug-likeness (QED) is 0.404. The Balaban J connectivity index is 1.84. The van der Waals surface area contributed by atoms with Crippen molar-refractivity contribution in [2.75, 3.05) is 11.9 Å². The summed E-state index contributed by atoms with van der Waals surface area (Å²) in [5.41, 5.74) is 6.04. The maximum absolute atomic E-state index is 11.8. The van der Waals surface area contributed by atoms with E-state index in [1.54, 1.807) is 37.3 Å². The largest absolute Gasteiger partial charge is 0.462 e. The van der Waals surface area contributed by atoms with Crippen LogP contribution < -0.4 is 16.2 Å². The molecule has 0 atom stereocenters. The molecule has 0 aliphatic carbocycles. The molecule has 24 heavy (non-hydrogen) atoms. The van der Waals surface area contributed by atoms with Crippen LogP contribution in [-0.4, -0.2) is 23.6 Å². The molecule has 0 unspecified atom stereocenters. The van der Waals surface area contributed by atoms with Gasteiger partial charge in [-0.2, -0.15) is 0 Å². The highest BCUT2D eigenvalue weighted by atomic mass is 79.9. The Hall–Kier alpha value is -2.39. The number of hydrogen-bond donors (Lipinski definition) is 3. The zero-order valence-corrected chi connectivity index (χ0v) is 15.0. The van der Waals surface area contributed by atoms with E-state index in [0.717, 1.165) is 0 Å². The molecular formula is C15H14BrN3O4S. The number of carbonyl (C=O) groups excluding carboxylic acids is 2. The molecule has 0 aliphatic heterocycles. The molecule has 0 bridgehead atoms. The Labute approximate surface area is 151 Å². The molecule has 3 N–H and O–H groups in total. The summed E-state index contributed by atoms with van der Waals surface area (Å²) in [5, 5.41) is 3.04. The van der Waals surface area contributed by atoms with Gasteiger partial charge in [0.25, 0.3) is 0 Å². The van der Waals surface area contributed by atoms with E-state index in [1.807, 2.05) is 0 Å². The van der Waals surface area contributed by atoms with Gasteiger partial charge in [-0.05, 0) is 71.5 Å². The van der Waals surface area contributed by atoms with Crippen molar-refractivity contribution in [3.63, 3.8) is 0 Å². The Morgan fingerprint density at radius 3 is 2.46 bits per heavy atom. The number of ether oxygens (including phenoxy) is 1. The lowest BCUT2D eigenvalue weighted by molar-refractivity contribution is 0.0526. The van der Waals surface area contributed by atoms with Crippen LogP contribution in [0.25, 0.3) is 0 Å². The van der Waals surface area contributed by atoms with Crippen LogP contribution in [0.4, 0.5) is 5.69 Å². The number of halogens is 1. The highest BCUT2D eigenvalue weighted by Gasteiger charge is 2.10. The van der Waals surface area contributed by atoms with Crippen molar-refractivity contribution < 1.29 is 18.7 Å². The summed E-state index contributed by atoms with van der Waals surface area (Å²) in [4.78, 5) is 23.3. The first-order valence-electron chi connectivity index (χ1n) is 6.89. The SMILES string of the molecule is CCOC(=O)c1ccc(NC(=S)NNC(=O)c2ccc(Br)o2)cc1. The second-order valence-electron chi connectivity index (χ2n) is 4.43. The molecule has 7 nitrogen and oxygen atoms in total. The van der Waals surface area contributed by atoms with E-state index in [2.05, 4.69) is 32.1 Å². The number of benzene rings is 1. The Morgan fingerprint density at radius 1 is 1.17 bits per heavy atom. The van der Waals surface area contributed by atoms with Gasteiger partial charge in [-0.1, -0.05) is 0 Å². The van der Waals surface area contributed by atoms with Crippen LogP contribution in [0.1, 0.15) is 27.8 Å². The highest BCUT2D eigenvalue weighted by Crippen LogP contribution is 2.13. The summed E-state index contributed by atoms with van der Waals surface area (Å²) in [7, 11) is 0. The number of thiocarbonyl (C=S) groups is 1. The first-order chi connectivity index (χ1) is 11.5. The molecule has 1 heterocycles. The average molecular weight is 412 g/mol. The minimum absolute atomic E-state index is 0.135. The molecule has 1 aromatic carbocycles. The molecule has 0 fully saturated rings. The van der Waals surface area contributed by atoms with E-state index in [9.17, 15) is 9.59 Å². The maximum Gasteiger partial charge on any atom is 0.338 e. The fraction of sp³-hybridized carbons (Fsp3) is 0.133. The van der Waals surface area contributed by atoms with Gasteiger partial charge >= 0.3 is 11.9 Å². The molecule has 0 radical (unpaired) electrons. The van der Waals surface area contributed by atoms with Crippen molar-refractivity contribution in [1.82, 2.24) is 10.9 Å². The van der Waals surface area contributed by atoms with Crippen LogP contribution in [0.15, 0.2) is 45.5 Å². The van der Waals surface area contributed by atoms with Crippen molar-refractivity contribution in [1.29, 1.82) is 0 Å². The first-order valence-corrected chi connectivity index (χ1v) is 8.09. The molecule has 9 heteroatoms. The Kier molecular flexibility index (Phi) is 6.33. The van der Waals surface area contributed by atoms with Gasteiger partial charge in [0.15, 0.2) is 15.5 Å². The van der Waals surface area contributed by atoms with Crippen LogP contribution in [0, 0.1) is 0 Å². The summed E-state index contributed by atoms with van der Waals surface area (Å²) in [6, 6.07) is 9.70. The number of nitrogens with one attached hydrogen (secondary N) is 3. The number of hydrogen-bond acceptors (Lipinski definition) is 5. The fourth-order valence-electron chi connectivity index (χ4n) is 1.68. The summed E-state index contributed by atoms with van der Waals surface area (Å²) in [6.07, 6.45) is 0. The van der Waals surface area contributed by atoms with Gasteiger partial charge in [-0.3, -0.25) is 15.6 Å². The van der Waals surface area contributed by atoms with Gasteiger partial charge in [-0.15, -0.1) is 0 Å². The summed E-state index contributed by atoms with van der Waals surface area (Å²) in [6.45, 7) is 2.06. The van der Waals surface area contributed by atoms with Crippen molar-refractivity contribution >= 4 is 50.8 Å². The molecule has 0 saturated heterocycles. The summed E-state index contributed by atoms with van der Waals surface area (Å²) >= 11 is 8.18. The predicted octanol–water partition coefficient (Wildman–Crippen LogP) is 2.85. The second kappa shape index (κ2) is 8.46. The molecule has 2 aromatic rings. The molecule has 0 spiro atoms. The van der Waals surface area contributed by atoms with Crippen molar-refractivity contribution in [3.05, 3.63) is 52.4 Å². The lowest BCUT2D eigenvalue weighted by atomic mass is 10.2. The normalized spacial score (nSPS) is 9.92. The lowest BCUT2D eigenvalue weighted by Gasteiger charge is -2.11. The Bertz CT molecular complexity index is 745. The van der Waals surface area contributed by atoms with Gasteiger partial charge < -0.3 is 14.5 Å². The molecule has 126 valence electrons. The summed E-state index contributed by atoms with van der Waals surface area (Å²) in [5.74, 6) is -0.722. The number of furan rings is 1. The van der Waals surface area contributed by atoms with Crippen LogP contribution in [0.2, 0.25) is 0 Å². The minimum Gasteiger partial charge on any atom is -0.462 e. The number of hydrazine groups is 1. The zero-order valence-electron chi connectivity index (χ0n) is 12.6. The molecule has 1 amide bonds. The monoisotopic (exact) mass is 411 g/mol. The lowest BCUT2D eigenvalue weighted by Crippen LogP contribution is -2.43. The topological polar surface area (TPSA) is 92.6 Å². The summed E-state index contributed by atoms with van der Waals surface area (Å²) < 4.78 is 10.5. The number of rotatable bonds is 4.